The van der Waals surface area contributed by atoms with Gasteiger partial charge in [-0.3, -0.25) is 4.57 Å². The van der Waals surface area contributed by atoms with Crippen LogP contribution in [0.4, 0.5) is 17.3 Å². The van der Waals surface area contributed by atoms with E-state index in [1.54, 1.807) is 11.6 Å². The summed E-state index contributed by atoms with van der Waals surface area (Å²) in [6, 6.07) is 13.8. The molecule has 0 saturated heterocycles. The summed E-state index contributed by atoms with van der Waals surface area (Å²) in [5.41, 5.74) is 0.787. The van der Waals surface area contributed by atoms with Gasteiger partial charge in [0.05, 0.1) is 0 Å². The van der Waals surface area contributed by atoms with E-state index >= 15 is 0 Å². The van der Waals surface area contributed by atoms with Crippen molar-refractivity contribution in [2.24, 2.45) is 7.05 Å². The fourth-order valence-corrected chi connectivity index (χ4v) is 2.10. The molecule has 0 aliphatic heterocycles. The van der Waals surface area contributed by atoms with E-state index in [1.165, 1.54) is 6.33 Å². The van der Waals surface area contributed by atoms with Crippen LogP contribution in [0.2, 0.25) is 0 Å². The fourth-order valence-electron chi connectivity index (χ4n) is 2.10. The molecule has 3 rings (SSSR count). The summed E-state index contributed by atoms with van der Waals surface area (Å²) < 4.78 is 1.59. The van der Waals surface area contributed by atoms with E-state index in [-0.39, 0.29) is 5.82 Å². The van der Waals surface area contributed by atoms with Crippen LogP contribution in [0.1, 0.15) is 0 Å². The molecule has 0 amide bonds. The number of anilines is 2. The fraction of sp³-hybridized carbons (Fsp3) is 0.0714. The normalized spacial score (nSPS) is 10.7. The summed E-state index contributed by atoms with van der Waals surface area (Å²) >= 11 is 0. The molecule has 0 aliphatic rings. The first-order valence-electron chi connectivity index (χ1n) is 6.06. The minimum Gasteiger partial charge on any atom is -0.358 e. The molecule has 0 radical (unpaired) electrons. The zero-order valence-corrected chi connectivity index (χ0v) is 10.8. The highest BCUT2D eigenvalue weighted by molar-refractivity contribution is 5.86. The Hall–Kier alpha value is -2.89. The molecule has 20 heavy (non-hydrogen) atoms. The molecule has 0 saturated carbocycles. The SMILES string of the molecule is Cn1cnc([N+](=O)[O-])c1Nc1ccc2ccccc2c1. The van der Waals surface area contributed by atoms with Crippen LogP contribution in [0, 0.1) is 10.1 Å². The third-order valence-electron chi connectivity index (χ3n) is 3.10. The van der Waals surface area contributed by atoms with E-state index < -0.39 is 4.92 Å². The molecule has 6 nitrogen and oxygen atoms in total. The Balaban J connectivity index is 2.01. The van der Waals surface area contributed by atoms with Crippen molar-refractivity contribution in [2.45, 2.75) is 0 Å². The summed E-state index contributed by atoms with van der Waals surface area (Å²) in [4.78, 5) is 14.2. The zero-order chi connectivity index (χ0) is 14.1. The highest BCUT2D eigenvalue weighted by Gasteiger charge is 2.19. The number of fused-ring (bicyclic) bond motifs is 1. The van der Waals surface area contributed by atoms with Crippen LogP contribution in [-0.4, -0.2) is 14.5 Å². The predicted octanol–water partition coefficient (Wildman–Crippen LogP) is 3.23. The van der Waals surface area contributed by atoms with Gasteiger partial charge in [0.15, 0.2) is 0 Å². The summed E-state index contributed by atoms with van der Waals surface area (Å²) in [6.45, 7) is 0. The molecule has 0 atom stereocenters. The number of rotatable bonds is 3. The van der Waals surface area contributed by atoms with E-state index in [2.05, 4.69) is 10.3 Å². The quantitative estimate of drug-likeness (QED) is 0.584. The summed E-state index contributed by atoms with van der Waals surface area (Å²) in [7, 11) is 1.71. The van der Waals surface area contributed by atoms with Crippen molar-refractivity contribution in [1.29, 1.82) is 0 Å². The number of benzene rings is 2. The third kappa shape index (κ3) is 2.07. The molecule has 100 valence electrons. The highest BCUT2D eigenvalue weighted by Crippen LogP contribution is 2.27. The Morgan fingerprint density at radius 2 is 1.95 bits per heavy atom. The second-order valence-corrected chi connectivity index (χ2v) is 4.47. The van der Waals surface area contributed by atoms with Crippen LogP contribution in [0.15, 0.2) is 48.8 Å². The first kappa shape index (κ1) is 12.2. The summed E-state index contributed by atoms with van der Waals surface area (Å²) in [6.07, 6.45) is 1.42. The third-order valence-corrected chi connectivity index (χ3v) is 3.10. The van der Waals surface area contributed by atoms with E-state index in [0.29, 0.717) is 5.82 Å². The lowest BCUT2D eigenvalue weighted by Gasteiger charge is -2.07. The smallest absolute Gasteiger partial charge is 0.358 e. The second kappa shape index (κ2) is 4.65. The van der Waals surface area contributed by atoms with Gasteiger partial charge in [0.1, 0.15) is 0 Å². The minimum absolute atomic E-state index is 0.180. The average Bonchev–Trinajstić information content (AvgIpc) is 2.80. The number of nitrogens with zero attached hydrogens (tertiary/aromatic N) is 3. The molecule has 1 heterocycles. The van der Waals surface area contributed by atoms with Gasteiger partial charge in [-0.05, 0) is 32.8 Å². The van der Waals surface area contributed by atoms with Gasteiger partial charge in [0.25, 0.3) is 0 Å². The van der Waals surface area contributed by atoms with E-state index in [0.717, 1.165) is 16.5 Å². The van der Waals surface area contributed by atoms with Crippen molar-refractivity contribution in [3.05, 3.63) is 58.9 Å². The molecule has 6 heteroatoms. The lowest BCUT2D eigenvalue weighted by molar-refractivity contribution is -0.388. The first-order chi connectivity index (χ1) is 9.65. The van der Waals surface area contributed by atoms with Gasteiger partial charge < -0.3 is 15.4 Å². The van der Waals surface area contributed by atoms with Crippen LogP contribution in [-0.2, 0) is 7.05 Å². The molecule has 1 aromatic heterocycles. The molecule has 0 unspecified atom stereocenters. The standard InChI is InChI=1S/C14H12N4O2/c1-17-9-15-13(18(19)20)14(17)16-12-7-6-10-4-2-3-5-11(10)8-12/h2-9,16H,1H3. The Bertz CT molecular complexity index is 795. The topological polar surface area (TPSA) is 73.0 Å². The minimum atomic E-state index is -0.497. The maximum absolute atomic E-state index is 10.9. The van der Waals surface area contributed by atoms with Crippen molar-refractivity contribution in [2.75, 3.05) is 5.32 Å². The maximum Gasteiger partial charge on any atom is 0.406 e. The molecular formula is C14H12N4O2. The molecular weight excluding hydrogens is 256 g/mol. The number of hydrogen-bond acceptors (Lipinski definition) is 4. The molecule has 3 aromatic rings. The molecule has 0 spiro atoms. The van der Waals surface area contributed by atoms with Crippen molar-refractivity contribution in [1.82, 2.24) is 9.55 Å². The molecule has 2 aromatic carbocycles. The van der Waals surface area contributed by atoms with Crippen molar-refractivity contribution in [3.63, 3.8) is 0 Å². The average molecular weight is 268 g/mol. The van der Waals surface area contributed by atoms with E-state index in [1.807, 2.05) is 42.5 Å². The molecule has 0 bridgehead atoms. The van der Waals surface area contributed by atoms with E-state index in [4.69, 9.17) is 0 Å². The number of hydrogen-bond donors (Lipinski definition) is 1. The van der Waals surface area contributed by atoms with E-state index in [9.17, 15) is 10.1 Å². The zero-order valence-electron chi connectivity index (χ0n) is 10.8. The lowest BCUT2D eigenvalue weighted by Crippen LogP contribution is -2.00. The Kier molecular flexibility index (Phi) is 2.83. The highest BCUT2D eigenvalue weighted by atomic mass is 16.6. The number of aromatic nitrogens is 2. The molecule has 0 fully saturated rings. The Morgan fingerprint density at radius 1 is 1.20 bits per heavy atom. The number of imidazole rings is 1. The summed E-state index contributed by atoms with van der Waals surface area (Å²) in [5, 5.41) is 16.2. The van der Waals surface area contributed by atoms with Crippen LogP contribution in [0.5, 0.6) is 0 Å². The van der Waals surface area contributed by atoms with Gasteiger partial charge in [-0.1, -0.05) is 30.3 Å². The lowest BCUT2D eigenvalue weighted by atomic mass is 10.1. The first-order valence-corrected chi connectivity index (χ1v) is 6.06. The predicted molar refractivity (Wildman–Crippen MR) is 77.1 cm³/mol. The van der Waals surface area contributed by atoms with Gasteiger partial charge in [-0.25, -0.2) is 0 Å². The largest absolute Gasteiger partial charge is 0.406 e. The number of nitro groups is 1. The molecule has 1 N–H and O–H groups in total. The van der Waals surface area contributed by atoms with Gasteiger partial charge in [-0.2, -0.15) is 0 Å². The van der Waals surface area contributed by atoms with Gasteiger partial charge >= 0.3 is 5.82 Å². The van der Waals surface area contributed by atoms with Gasteiger partial charge in [0, 0.05) is 12.7 Å². The van der Waals surface area contributed by atoms with Crippen LogP contribution in [0.25, 0.3) is 10.8 Å². The van der Waals surface area contributed by atoms with Crippen molar-refractivity contribution >= 4 is 28.1 Å². The Labute approximate surface area is 114 Å². The van der Waals surface area contributed by atoms with Crippen LogP contribution >= 0.6 is 0 Å². The second-order valence-electron chi connectivity index (χ2n) is 4.47. The number of nitrogens with one attached hydrogen (secondary N) is 1. The Morgan fingerprint density at radius 3 is 2.70 bits per heavy atom. The van der Waals surface area contributed by atoms with Crippen LogP contribution < -0.4 is 5.32 Å². The summed E-state index contributed by atoms with van der Waals surface area (Å²) in [5.74, 6) is 0.186. The maximum atomic E-state index is 10.9. The molecule has 0 aliphatic carbocycles. The van der Waals surface area contributed by atoms with Gasteiger partial charge in [-0.15, -0.1) is 0 Å². The van der Waals surface area contributed by atoms with Gasteiger partial charge in [0.2, 0.25) is 12.1 Å². The van der Waals surface area contributed by atoms with Crippen molar-refractivity contribution < 1.29 is 4.92 Å². The number of aryl methyl sites for hydroxylation is 1. The monoisotopic (exact) mass is 268 g/mol. The van der Waals surface area contributed by atoms with Crippen molar-refractivity contribution in [3.8, 4) is 0 Å². The van der Waals surface area contributed by atoms with Crippen LogP contribution in [0.3, 0.4) is 0 Å².